The maximum Gasteiger partial charge on any atom is 0.164 e. The Kier molecular flexibility index (Phi) is 7.42. The molecule has 0 aliphatic rings. The predicted octanol–water partition coefficient (Wildman–Crippen LogP) is 13.7. The molecule has 0 unspecified atom stereocenters. The SMILES string of the molecule is c1ccc(-c2ccc(-c3nc(-c4ccccc4)nc(-c4ccc5c(c4)oc4c(-c6ccccc6-c6cccc7oc8ccccc8c67)cccc45)n3)cc2)cc1. The molecule has 8 aromatic carbocycles. The lowest BCUT2D eigenvalue weighted by Gasteiger charge is -2.12. The van der Waals surface area contributed by atoms with Gasteiger partial charge in [0.05, 0.1) is 0 Å². The van der Waals surface area contributed by atoms with Crippen LogP contribution in [0.3, 0.4) is 0 Å². The van der Waals surface area contributed by atoms with Gasteiger partial charge < -0.3 is 8.83 Å². The summed E-state index contributed by atoms with van der Waals surface area (Å²) in [6, 6.07) is 64.5. The summed E-state index contributed by atoms with van der Waals surface area (Å²) < 4.78 is 13.1. The smallest absolute Gasteiger partial charge is 0.164 e. The minimum Gasteiger partial charge on any atom is -0.456 e. The summed E-state index contributed by atoms with van der Waals surface area (Å²) in [4.78, 5) is 15.0. The second-order valence-electron chi connectivity index (χ2n) is 13.9. The third-order valence-electron chi connectivity index (χ3n) is 10.6. The molecule has 3 heterocycles. The van der Waals surface area contributed by atoms with Crippen molar-refractivity contribution in [2.45, 2.75) is 0 Å². The highest BCUT2D eigenvalue weighted by atomic mass is 16.3. The van der Waals surface area contributed by atoms with E-state index in [9.17, 15) is 0 Å². The van der Waals surface area contributed by atoms with E-state index in [1.165, 1.54) is 0 Å². The zero-order chi connectivity index (χ0) is 37.0. The minimum atomic E-state index is 0.578. The van der Waals surface area contributed by atoms with E-state index < -0.39 is 0 Å². The molecule has 5 heteroatoms. The van der Waals surface area contributed by atoms with Gasteiger partial charge in [0.15, 0.2) is 17.5 Å². The highest BCUT2D eigenvalue weighted by molar-refractivity contribution is 6.15. The standard InChI is InChI=1S/C51H31N3O2/c1-3-13-32(14-4-1)33-25-27-35(28-26-33)50-52-49(34-15-5-2-6-16-34)53-51(54-50)36-29-30-39-42-22-11-21-41(48(42)56-46(39)31-36)38-18-8-7-17-37(38)40-20-12-24-45-47(40)43-19-9-10-23-44(43)55-45/h1-31H. The first-order chi connectivity index (χ1) is 27.7. The topological polar surface area (TPSA) is 65.0 Å². The molecule has 3 aromatic heterocycles. The first-order valence-corrected chi connectivity index (χ1v) is 18.7. The van der Waals surface area contributed by atoms with E-state index in [1.54, 1.807) is 0 Å². The van der Waals surface area contributed by atoms with Crippen LogP contribution in [-0.2, 0) is 0 Å². The zero-order valence-electron chi connectivity index (χ0n) is 30.1. The van der Waals surface area contributed by atoms with Gasteiger partial charge >= 0.3 is 0 Å². The summed E-state index contributed by atoms with van der Waals surface area (Å²) >= 11 is 0. The Hall–Kier alpha value is -7.63. The molecular weight excluding hydrogens is 687 g/mol. The van der Waals surface area contributed by atoms with Crippen LogP contribution in [0.5, 0.6) is 0 Å². The number of hydrogen-bond donors (Lipinski definition) is 0. The molecular formula is C51H31N3O2. The van der Waals surface area contributed by atoms with Crippen LogP contribution in [0.1, 0.15) is 0 Å². The van der Waals surface area contributed by atoms with Crippen molar-refractivity contribution in [3.63, 3.8) is 0 Å². The maximum absolute atomic E-state index is 6.83. The number of nitrogens with zero attached hydrogens (tertiary/aromatic N) is 3. The quantitative estimate of drug-likeness (QED) is 0.171. The largest absolute Gasteiger partial charge is 0.456 e. The van der Waals surface area contributed by atoms with Gasteiger partial charge in [-0.15, -0.1) is 0 Å². The molecule has 0 bridgehead atoms. The van der Waals surface area contributed by atoms with E-state index in [0.717, 1.165) is 93.9 Å². The van der Waals surface area contributed by atoms with Crippen LogP contribution in [0.4, 0.5) is 0 Å². The summed E-state index contributed by atoms with van der Waals surface area (Å²) in [5, 5.41) is 4.28. The van der Waals surface area contributed by atoms with Crippen LogP contribution in [0.25, 0.3) is 111 Å². The lowest BCUT2D eigenvalue weighted by molar-refractivity contribution is 0.669. The summed E-state index contributed by atoms with van der Waals surface area (Å²) in [7, 11) is 0. The van der Waals surface area contributed by atoms with Crippen molar-refractivity contribution in [1.82, 2.24) is 15.0 Å². The van der Waals surface area contributed by atoms with Gasteiger partial charge in [0.2, 0.25) is 0 Å². The fourth-order valence-corrected chi connectivity index (χ4v) is 7.89. The van der Waals surface area contributed by atoms with Crippen LogP contribution in [0.15, 0.2) is 197 Å². The van der Waals surface area contributed by atoms with Crippen LogP contribution in [0, 0.1) is 0 Å². The van der Waals surface area contributed by atoms with Crippen molar-refractivity contribution in [1.29, 1.82) is 0 Å². The van der Waals surface area contributed by atoms with Crippen molar-refractivity contribution in [3.8, 4) is 67.5 Å². The Morgan fingerprint density at radius 3 is 1.55 bits per heavy atom. The number of hydrogen-bond acceptors (Lipinski definition) is 5. The van der Waals surface area contributed by atoms with Crippen molar-refractivity contribution in [2.75, 3.05) is 0 Å². The first kappa shape index (κ1) is 31.9. The Balaban J connectivity index is 1.04. The van der Waals surface area contributed by atoms with E-state index in [2.05, 4.69) is 133 Å². The average Bonchev–Trinajstić information content (AvgIpc) is 3.85. The molecule has 11 rings (SSSR count). The zero-order valence-corrected chi connectivity index (χ0v) is 30.1. The Labute approximate surface area is 322 Å². The third kappa shape index (κ3) is 5.37. The molecule has 0 N–H and O–H groups in total. The molecule has 0 spiro atoms. The third-order valence-corrected chi connectivity index (χ3v) is 10.6. The highest BCUT2D eigenvalue weighted by Crippen LogP contribution is 2.44. The fourth-order valence-electron chi connectivity index (χ4n) is 7.89. The van der Waals surface area contributed by atoms with Crippen LogP contribution in [0.2, 0.25) is 0 Å². The number of benzene rings is 8. The van der Waals surface area contributed by atoms with Gasteiger partial charge in [0.1, 0.15) is 22.3 Å². The fraction of sp³-hybridized carbons (Fsp3) is 0. The van der Waals surface area contributed by atoms with Gasteiger partial charge in [-0.3, -0.25) is 0 Å². The average molecular weight is 718 g/mol. The highest BCUT2D eigenvalue weighted by Gasteiger charge is 2.20. The molecule has 0 fully saturated rings. The van der Waals surface area contributed by atoms with E-state index in [4.69, 9.17) is 23.8 Å². The minimum absolute atomic E-state index is 0.578. The summed E-state index contributed by atoms with van der Waals surface area (Å²) in [6.45, 7) is 0. The molecule has 0 aliphatic carbocycles. The first-order valence-electron chi connectivity index (χ1n) is 18.7. The number of rotatable bonds is 6. The summed E-state index contributed by atoms with van der Waals surface area (Å²) in [5.74, 6) is 1.80. The van der Waals surface area contributed by atoms with Gasteiger partial charge in [0.25, 0.3) is 0 Å². The second kappa shape index (κ2) is 13.0. The van der Waals surface area contributed by atoms with E-state index in [-0.39, 0.29) is 0 Å². The van der Waals surface area contributed by atoms with Crippen LogP contribution in [-0.4, -0.2) is 15.0 Å². The number of aromatic nitrogens is 3. The molecule has 0 amide bonds. The lowest BCUT2D eigenvalue weighted by Crippen LogP contribution is -2.00. The molecule has 262 valence electrons. The van der Waals surface area contributed by atoms with Crippen molar-refractivity contribution >= 4 is 43.9 Å². The van der Waals surface area contributed by atoms with Crippen LogP contribution >= 0.6 is 0 Å². The van der Waals surface area contributed by atoms with Gasteiger partial charge in [-0.25, -0.2) is 15.0 Å². The van der Waals surface area contributed by atoms with E-state index >= 15 is 0 Å². The van der Waals surface area contributed by atoms with Crippen molar-refractivity contribution < 1.29 is 8.83 Å². The van der Waals surface area contributed by atoms with Gasteiger partial charge in [-0.2, -0.15) is 0 Å². The molecule has 0 saturated heterocycles. The van der Waals surface area contributed by atoms with E-state index in [0.29, 0.717) is 17.5 Å². The lowest BCUT2D eigenvalue weighted by atomic mass is 9.91. The number of fused-ring (bicyclic) bond motifs is 6. The van der Waals surface area contributed by atoms with Gasteiger partial charge in [0, 0.05) is 43.8 Å². The molecule has 11 aromatic rings. The predicted molar refractivity (Wildman–Crippen MR) is 227 cm³/mol. The monoisotopic (exact) mass is 717 g/mol. The second-order valence-corrected chi connectivity index (χ2v) is 13.9. The van der Waals surface area contributed by atoms with Crippen LogP contribution < -0.4 is 0 Å². The normalized spacial score (nSPS) is 11.6. The van der Waals surface area contributed by atoms with Gasteiger partial charge in [-0.1, -0.05) is 164 Å². The summed E-state index contributed by atoms with van der Waals surface area (Å²) in [6.07, 6.45) is 0. The maximum atomic E-state index is 6.83. The van der Waals surface area contributed by atoms with E-state index in [1.807, 2.05) is 54.6 Å². The Morgan fingerprint density at radius 2 is 0.786 bits per heavy atom. The molecule has 0 radical (unpaired) electrons. The molecule has 56 heavy (non-hydrogen) atoms. The Morgan fingerprint density at radius 1 is 0.286 bits per heavy atom. The van der Waals surface area contributed by atoms with Gasteiger partial charge in [-0.05, 0) is 52.1 Å². The Bertz CT molecular complexity index is 3240. The molecule has 5 nitrogen and oxygen atoms in total. The van der Waals surface area contributed by atoms with Crippen molar-refractivity contribution in [2.24, 2.45) is 0 Å². The molecule has 0 atom stereocenters. The summed E-state index contributed by atoms with van der Waals surface area (Å²) in [5.41, 5.74) is 12.7. The van der Waals surface area contributed by atoms with Crippen molar-refractivity contribution in [3.05, 3.63) is 188 Å². The molecule has 0 saturated carbocycles. The molecule has 0 aliphatic heterocycles. The number of furan rings is 2. The number of para-hydroxylation sites is 2.